The molecule has 5 heteroatoms. The van der Waals surface area contributed by atoms with Crippen molar-refractivity contribution in [2.75, 3.05) is 0 Å². The van der Waals surface area contributed by atoms with Crippen molar-refractivity contribution in [1.29, 1.82) is 0 Å². The van der Waals surface area contributed by atoms with Gasteiger partial charge in [0.25, 0.3) is 0 Å². The van der Waals surface area contributed by atoms with Crippen LogP contribution in [-0.2, 0) is 5.41 Å². The van der Waals surface area contributed by atoms with E-state index in [9.17, 15) is 4.79 Å². The summed E-state index contributed by atoms with van der Waals surface area (Å²) in [6.45, 7) is 6.04. The standard InChI is InChI=1S/C13H13ClN2OS/c1-13(2,3)12-11(18-16-15-12)10(17)8-5-4-6-9(14)7-8/h4-7H,1-3H3. The summed E-state index contributed by atoms with van der Waals surface area (Å²) in [7, 11) is 0. The minimum atomic E-state index is -0.198. The van der Waals surface area contributed by atoms with Crippen molar-refractivity contribution in [1.82, 2.24) is 9.59 Å². The van der Waals surface area contributed by atoms with Gasteiger partial charge in [-0.1, -0.05) is 49.0 Å². The molecule has 0 saturated carbocycles. The normalized spacial score (nSPS) is 11.6. The van der Waals surface area contributed by atoms with Gasteiger partial charge in [0.15, 0.2) is 0 Å². The predicted molar refractivity (Wildman–Crippen MR) is 73.5 cm³/mol. The van der Waals surface area contributed by atoms with E-state index in [1.165, 1.54) is 0 Å². The van der Waals surface area contributed by atoms with Crippen LogP contribution in [0.5, 0.6) is 0 Å². The second-order valence-corrected chi connectivity index (χ2v) is 6.23. The zero-order chi connectivity index (χ0) is 13.3. The lowest BCUT2D eigenvalue weighted by molar-refractivity contribution is 0.104. The molecule has 0 N–H and O–H groups in total. The monoisotopic (exact) mass is 280 g/mol. The Kier molecular flexibility index (Phi) is 3.50. The highest BCUT2D eigenvalue weighted by Crippen LogP contribution is 2.28. The number of ketones is 1. The molecule has 18 heavy (non-hydrogen) atoms. The number of hydrogen-bond donors (Lipinski definition) is 0. The second-order valence-electron chi connectivity index (χ2n) is 5.04. The van der Waals surface area contributed by atoms with E-state index >= 15 is 0 Å². The summed E-state index contributed by atoms with van der Waals surface area (Å²) in [5.74, 6) is -0.0718. The first-order chi connectivity index (χ1) is 8.39. The zero-order valence-corrected chi connectivity index (χ0v) is 12.0. The maximum Gasteiger partial charge on any atom is 0.206 e. The van der Waals surface area contributed by atoms with Crippen LogP contribution >= 0.6 is 23.1 Å². The molecule has 0 fully saturated rings. The Labute approximate surface area is 115 Å². The van der Waals surface area contributed by atoms with Crippen LogP contribution in [0.15, 0.2) is 24.3 Å². The number of nitrogens with zero attached hydrogens (tertiary/aromatic N) is 2. The van der Waals surface area contributed by atoms with Crippen molar-refractivity contribution in [2.24, 2.45) is 0 Å². The number of aromatic nitrogens is 2. The minimum Gasteiger partial charge on any atom is -0.288 e. The van der Waals surface area contributed by atoms with Crippen LogP contribution in [0.2, 0.25) is 5.02 Å². The van der Waals surface area contributed by atoms with Crippen molar-refractivity contribution < 1.29 is 4.79 Å². The molecule has 0 aliphatic rings. The molecule has 0 unspecified atom stereocenters. The Balaban J connectivity index is 2.45. The summed E-state index contributed by atoms with van der Waals surface area (Å²) in [4.78, 5) is 13.0. The Morgan fingerprint density at radius 2 is 2.06 bits per heavy atom. The van der Waals surface area contributed by atoms with Gasteiger partial charge in [-0.05, 0) is 23.7 Å². The highest BCUT2D eigenvalue weighted by atomic mass is 35.5. The first-order valence-corrected chi connectivity index (χ1v) is 6.68. The van der Waals surface area contributed by atoms with E-state index in [1.807, 2.05) is 20.8 Å². The van der Waals surface area contributed by atoms with Crippen LogP contribution in [0.1, 0.15) is 41.7 Å². The van der Waals surface area contributed by atoms with Crippen LogP contribution in [0, 0.1) is 0 Å². The molecule has 0 saturated heterocycles. The zero-order valence-electron chi connectivity index (χ0n) is 10.4. The summed E-state index contributed by atoms with van der Waals surface area (Å²) in [6.07, 6.45) is 0. The first kappa shape index (κ1) is 13.2. The lowest BCUT2D eigenvalue weighted by Crippen LogP contribution is -2.16. The van der Waals surface area contributed by atoms with E-state index in [1.54, 1.807) is 24.3 Å². The van der Waals surface area contributed by atoms with Crippen molar-refractivity contribution in [2.45, 2.75) is 26.2 Å². The number of rotatable bonds is 2. The highest BCUT2D eigenvalue weighted by Gasteiger charge is 2.26. The van der Waals surface area contributed by atoms with E-state index in [2.05, 4.69) is 9.59 Å². The predicted octanol–water partition coefficient (Wildman–Crippen LogP) is 3.72. The maximum atomic E-state index is 12.4. The van der Waals surface area contributed by atoms with E-state index in [0.717, 1.165) is 17.2 Å². The number of hydrogen-bond acceptors (Lipinski definition) is 4. The van der Waals surface area contributed by atoms with E-state index in [-0.39, 0.29) is 11.2 Å². The maximum absolute atomic E-state index is 12.4. The number of carbonyl (C=O) groups excluding carboxylic acids is 1. The van der Waals surface area contributed by atoms with Gasteiger partial charge in [-0.25, -0.2) is 0 Å². The number of halogens is 1. The molecule has 0 bridgehead atoms. The topological polar surface area (TPSA) is 42.9 Å². The Hall–Kier alpha value is -1.26. The molecule has 94 valence electrons. The third-order valence-corrected chi connectivity index (χ3v) is 3.45. The molecule has 0 spiro atoms. The quantitative estimate of drug-likeness (QED) is 0.788. The highest BCUT2D eigenvalue weighted by molar-refractivity contribution is 7.08. The molecular weight excluding hydrogens is 268 g/mol. The van der Waals surface area contributed by atoms with Gasteiger partial charge in [0.1, 0.15) is 4.88 Å². The van der Waals surface area contributed by atoms with Crippen molar-refractivity contribution in [3.63, 3.8) is 0 Å². The molecule has 0 amide bonds. The van der Waals surface area contributed by atoms with E-state index in [4.69, 9.17) is 11.6 Å². The van der Waals surface area contributed by atoms with Crippen molar-refractivity contribution >= 4 is 28.9 Å². The Bertz CT molecular complexity index is 587. The SMILES string of the molecule is CC(C)(C)c1nnsc1C(=O)c1cccc(Cl)c1. The van der Waals surface area contributed by atoms with Gasteiger partial charge in [-0.3, -0.25) is 4.79 Å². The van der Waals surface area contributed by atoms with Gasteiger partial charge in [0.05, 0.1) is 5.69 Å². The third kappa shape index (κ3) is 2.60. The molecule has 0 radical (unpaired) electrons. The van der Waals surface area contributed by atoms with Crippen LogP contribution < -0.4 is 0 Å². The molecule has 2 rings (SSSR count). The van der Waals surface area contributed by atoms with Crippen molar-refractivity contribution in [3.8, 4) is 0 Å². The molecular formula is C13H13ClN2OS. The van der Waals surface area contributed by atoms with Gasteiger partial charge in [0.2, 0.25) is 5.78 Å². The van der Waals surface area contributed by atoms with Gasteiger partial charge in [-0.15, -0.1) is 5.10 Å². The van der Waals surface area contributed by atoms with E-state index in [0.29, 0.717) is 15.5 Å². The lowest BCUT2D eigenvalue weighted by atomic mass is 9.90. The van der Waals surface area contributed by atoms with Crippen LogP contribution in [0.3, 0.4) is 0 Å². The average Bonchev–Trinajstić information content (AvgIpc) is 2.76. The molecule has 1 heterocycles. The smallest absolute Gasteiger partial charge is 0.206 e. The fourth-order valence-electron chi connectivity index (χ4n) is 1.59. The average molecular weight is 281 g/mol. The van der Waals surface area contributed by atoms with Gasteiger partial charge < -0.3 is 0 Å². The van der Waals surface area contributed by atoms with E-state index < -0.39 is 0 Å². The summed E-state index contributed by atoms with van der Waals surface area (Å²) < 4.78 is 3.90. The third-order valence-electron chi connectivity index (χ3n) is 2.49. The summed E-state index contributed by atoms with van der Waals surface area (Å²) >= 11 is 7.03. The van der Waals surface area contributed by atoms with Crippen LogP contribution in [0.4, 0.5) is 0 Å². The van der Waals surface area contributed by atoms with Gasteiger partial charge in [0, 0.05) is 16.0 Å². The minimum absolute atomic E-state index is 0.0718. The fourth-order valence-corrected chi connectivity index (χ4v) is 2.62. The largest absolute Gasteiger partial charge is 0.288 e. The molecule has 0 aliphatic carbocycles. The molecule has 3 nitrogen and oxygen atoms in total. The van der Waals surface area contributed by atoms with Crippen molar-refractivity contribution in [3.05, 3.63) is 45.4 Å². The molecule has 0 atom stereocenters. The number of benzene rings is 1. The summed E-state index contributed by atoms with van der Waals surface area (Å²) in [5.41, 5.74) is 1.10. The summed E-state index contributed by atoms with van der Waals surface area (Å²) in [5, 5.41) is 4.62. The molecule has 2 aromatic rings. The van der Waals surface area contributed by atoms with Gasteiger partial charge >= 0.3 is 0 Å². The second kappa shape index (κ2) is 4.78. The molecule has 0 aliphatic heterocycles. The van der Waals surface area contributed by atoms with Crippen LogP contribution in [0.25, 0.3) is 0 Å². The summed E-state index contributed by atoms with van der Waals surface area (Å²) in [6, 6.07) is 6.92. The van der Waals surface area contributed by atoms with Gasteiger partial charge in [-0.2, -0.15) is 0 Å². The fraction of sp³-hybridized carbons (Fsp3) is 0.308. The number of carbonyl (C=O) groups is 1. The Morgan fingerprint density at radius 3 is 2.67 bits per heavy atom. The van der Waals surface area contributed by atoms with Crippen LogP contribution in [-0.4, -0.2) is 15.4 Å². The molecule has 1 aromatic heterocycles. The lowest BCUT2D eigenvalue weighted by Gasteiger charge is -2.15. The first-order valence-electron chi connectivity index (χ1n) is 5.52. The molecule has 1 aromatic carbocycles. The Morgan fingerprint density at radius 1 is 1.33 bits per heavy atom.